The number of aromatic hydroxyl groups is 1. The zero-order valence-corrected chi connectivity index (χ0v) is 25.3. The van der Waals surface area contributed by atoms with Gasteiger partial charge in [-0.2, -0.15) is 16.9 Å². The van der Waals surface area contributed by atoms with Crippen LogP contribution >= 0.6 is 23.5 Å². The van der Waals surface area contributed by atoms with Crippen LogP contribution in [0.25, 0.3) is 11.3 Å². The van der Waals surface area contributed by atoms with Gasteiger partial charge in [0.1, 0.15) is 17.4 Å². The van der Waals surface area contributed by atoms with Gasteiger partial charge in [-0.1, -0.05) is 49.9 Å². The molecule has 0 fully saturated rings. The van der Waals surface area contributed by atoms with Crippen molar-refractivity contribution in [3.63, 3.8) is 0 Å². The Bertz CT molecular complexity index is 1690. The molecule has 3 aromatic heterocycles. The fraction of sp³-hybridized carbons (Fsp3) is 0.267. The summed E-state index contributed by atoms with van der Waals surface area (Å²) in [6.45, 7) is 8.70. The first-order chi connectivity index (χ1) is 19.6. The number of anilines is 1. The highest BCUT2D eigenvalue weighted by molar-refractivity contribution is 7.99. The molecule has 0 radical (unpaired) electrons. The van der Waals surface area contributed by atoms with Gasteiger partial charge in [-0.25, -0.2) is 9.48 Å². The van der Waals surface area contributed by atoms with Crippen molar-refractivity contribution in [2.45, 2.75) is 54.7 Å². The second-order valence-electron chi connectivity index (χ2n) is 10.4. The minimum atomic E-state index is -0.355. The number of urea groups is 1. The third-order valence-electron chi connectivity index (χ3n) is 6.71. The summed E-state index contributed by atoms with van der Waals surface area (Å²) in [7, 11) is 0. The van der Waals surface area contributed by atoms with Gasteiger partial charge in [0.2, 0.25) is 0 Å². The second-order valence-corrected chi connectivity index (χ2v) is 12.9. The van der Waals surface area contributed by atoms with E-state index in [1.807, 2.05) is 59.2 Å². The highest BCUT2D eigenvalue weighted by atomic mass is 32.2. The van der Waals surface area contributed by atoms with Crippen molar-refractivity contribution in [1.82, 2.24) is 29.7 Å². The summed E-state index contributed by atoms with van der Waals surface area (Å²) in [6, 6.07) is 20.3. The molecule has 11 heteroatoms. The van der Waals surface area contributed by atoms with Crippen molar-refractivity contribution < 1.29 is 9.90 Å². The maximum absolute atomic E-state index is 13.1. The maximum atomic E-state index is 13.1. The standard InChI is InChI=1S/C30H33N7O2S2/c1-19(2)28-34-33-26-14-13-23(18-36(26)28)41-24-12-7-6-9-20(24)17-31-29(39)32-27-16-25(30(3,4)40-5)35-37(27)21-10-8-11-22(38)15-21/h6-16,18-19,38H,17H2,1-5H3,(H2,31,32,39). The lowest BCUT2D eigenvalue weighted by Crippen LogP contribution is -2.29. The summed E-state index contributed by atoms with van der Waals surface area (Å²) >= 11 is 3.30. The smallest absolute Gasteiger partial charge is 0.320 e. The number of hydrogen-bond donors (Lipinski definition) is 3. The molecule has 0 aliphatic carbocycles. The number of fused-ring (bicyclic) bond motifs is 1. The van der Waals surface area contributed by atoms with E-state index in [9.17, 15) is 9.90 Å². The van der Waals surface area contributed by atoms with Crippen LogP contribution in [0.2, 0.25) is 0 Å². The molecule has 2 amide bonds. The molecule has 0 spiro atoms. The Morgan fingerprint density at radius 1 is 1.05 bits per heavy atom. The van der Waals surface area contributed by atoms with Gasteiger partial charge in [-0.3, -0.25) is 9.72 Å². The number of aromatic nitrogens is 5. The molecule has 9 nitrogen and oxygen atoms in total. The number of carbonyl (C=O) groups excluding carboxylic acids is 1. The molecule has 0 aliphatic rings. The first-order valence-corrected chi connectivity index (χ1v) is 15.3. The lowest BCUT2D eigenvalue weighted by atomic mass is 10.1. The molecular weight excluding hydrogens is 555 g/mol. The molecule has 41 heavy (non-hydrogen) atoms. The molecule has 3 heterocycles. The van der Waals surface area contributed by atoms with Crippen LogP contribution in [0, 0.1) is 0 Å². The lowest BCUT2D eigenvalue weighted by Gasteiger charge is -2.18. The van der Waals surface area contributed by atoms with Crippen LogP contribution in [0.4, 0.5) is 10.6 Å². The van der Waals surface area contributed by atoms with Crippen molar-refractivity contribution in [3.05, 3.63) is 90.0 Å². The summed E-state index contributed by atoms with van der Waals surface area (Å²) in [6.07, 6.45) is 4.08. The molecule has 5 aromatic rings. The molecule has 0 aliphatic heterocycles. The Kier molecular flexibility index (Phi) is 8.27. The highest BCUT2D eigenvalue weighted by Crippen LogP contribution is 2.35. The first kappa shape index (κ1) is 28.6. The van der Waals surface area contributed by atoms with E-state index in [4.69, 9.17) is 5.10 Å². The minimum absolute atomic E-state index is 0.122. The summed E-state index contributed by atoms with van der Waals surface area (Å²) in [5.74, 6) is 1.81. The number of phenolic OH excluding ortho intramolecular Hbond substituents is 1. The summed E-state index contributed by atoms with van der Waals surface area (Å²) < 4.78 is 3.41. The third kappa shape index (κ3) is 6.36. The van der Waals surface area contributed by atoms with Crippen LogP contribution in [-0.2, 0) is 11.3 Å². The normalized spacial score (nSPS) is 11.8. The molecule has 2 aromatic carbocycles. The average Bonchev–Trinajstić information content (AvgIpc) is 3.57. The number of pyridine rings is 1. The molecule has 0 saturated carbocycles. The minimum Gasteiger partial charge on any atom is -0.508 e. The second kappa shape index (κ2) is 11.9. The predicted octanol–water partition coefficient (Wildman–Crippen LogP) is 6.82. The number of carbonyl (C=O) groups is 1. The fourth-order valence-electron chi connectivity index (χ4n) is 4.25. The monoisotopic (exact) mass is 587 g/mol. The van der Waals surface area contributed by atoms with Gasteiger partial charge in [0, 0.05) is 40.6 Å². The molecule has 3 N–H and O–H groups in total. The number of hydrogen-bond acceptors (Lipinski definition) is 7. The van der Waals surface area contributed by atoms with Crippen LogP contribution in [0.1, 0.15) is 50.7 Å². The maximum Gasteiger partial charge on any atom is 0.320 e. The fourth-order valence-corrected chi connectivity index (χ4v) is 5.52. The zero-order chi connectivity index (χ0) is 29.1. The topological polar surface area (TPSA) is 109 Å². The molecule has 0 atom stereocenters. The Labute approximate surface area is 247 Å². The summed E-state index contributed by atoms with van der Waals surface area (Å²) in [4.78, 5) is 15.2. The van der Waals surface area contributed by atoms with E-state index in [1.165, 1.54) is 0 Å². The van der Waals surface area contributed by atoms with E-state index in [-0.39, 0.29) is 22.4 Å². The van der Waals surface area contributed by atoms with Crippen LogP contribution in [0.5, 0.6) is 5.75 Å². The number of phenols is 1. The van der Waals surface area contributed by atoms with E-state index in [1.54, 1.807) is 46.4 Å². The highest BCUT2D eigenvalue weighted by Gasteiger charge is 2.25. The molecular formula is C30H33N7O2S2. The van der Waals surface area contributed by atoms with E-state index in [0.29, 0.717) is 18.1 Å². The summed E-state index contributed by atoms with van der Waals surface area (Å²) in [5, 5.41) is 29.3. The van der Waals surface area contributed by atoms with E-state index < -0.39 is 0 Å². The van der Waals surface area contributed by atoms with Crippen molar-refractivity contribution in [2.24, 2.45) is 0 Å². The van der Waals surface area contributed by atoms with Gasteiger partial charge in [0.05, 0.1) is 16.1 Å². The van der Waals surface area contributed by atoms with Crippen LogP contribution < -0.4 is 10.6 Å². The predicted molar refractivity (Wildman–Crippen MR) is 165 cm³/mol. The number of amides is 2. The molecule has 212 valence electrons. The lowest BCUT2D eigenvalue weighted by molar-refractivity contribution is 0.251. The van der Waals surface area contributed by atoms with Crippen molar-refractivity contribution in [3.8, 4) is 11.4 Å². The van der Waals surface area contributed by atoms with E-state index in [0.717, 1.165) is 32.5 Å². The van der Waals surface area contributed by atoms with Crippen LogP contribution in [0.3, 0.4) is 0 Å². The SMILES string of the molecule is CSC(C)(C)c1cc(NC(=O)NCc2ccccc2Sc2ccc3nnc(C(C)C)n3c2)n(-c2cccc(O)c2)n1. The Morgan fingerprint density at radius 2 is 1.85 bits per heavy atom. The number of nitrogens with one attached hydrogen (secondary N) is 2. The van der Waals surface area contributed by atoms with Crippen molar-refractivity contribution >= 4 is 41.0 Å². The van der Waals surface area contributed by atoms with Gasteiger partial charge in [0.15, 0.2) is 5.65 Å². The van der Waals surface area contributed by atoms with Gasteiger partial charge in [-0.15, -0.1) is 10.2 Å². The third-order valence-corrected chi connectivity index (χ3v) is 9.04. The first-order valence-electron chi connectivity index (χ1n) is 13.2. The van der Waals surface area contributed by atoms with Crippen LogP contribution in [0.15, 0.2) is 82.7 Å². The average molecular weight is 588 g/mol. The molecule has 0 bridgehead atoms. The quantitative estimate of drug-likeness (QED) is 0.174. The molecule has 5 rings (SSSR count). The van der Waals surface area contributed by atoms with Gasteiger partial charge < -0.3 is 10.4 Å². The van der Waals surface area contributed by atoms with E-state index in [2.05, 4.69) is 54.7 Å². The number of thioether (sulfide) groups is 1. The van der Waals surface area contributed by atoms with Crippen LogP contribution in [-0.4, -0.2) is 41.8 Å². The molecule has 0 unspecified atom stereocenters. The Hall–Kier alpha value is -3.96. The Balaban J connectivity index is 1.33. The van der Waals surface area contributed by atoms with Gasteiger partial charge in [0.25, 0.3) is 0 Å². The zero-order valence-electron chi connectivity index (χ0n) is 23.6. The van der Waals surface area contributed by atoms with Crippen molar-refractivity contribution in [2.75, 3.05) is 11.6 Å². The summed E-state index contributed by atoms with van der Waals surface area (Å²) in [5.41, 5.74) is 3.27. The van der Waals surface area contributed by atoms with E-state index >= 15 is 0 Å². The number of benzene rings is 2. The number of rotatable bonds is 9. The largest absolute Gasteiger partial charge is 0.508 e. The number of nitrogens with zero attached hydrogens (tertiary/aromatic N) is 5. The molecule has 0 saturated heterocycles. The van der Waals surface area contributed by atoms with Gasteiger partial charge >= 0.3 is 6.03 Å². The van der Waals surface area contributed by atoms with Gasteiger partial charge in [-0.05, 0) is 56.0 Å². The Morgan fingerprint density at radius 3 is 2.61 bits per heavy atom. The van der Waals surface area contributed by atoms with Crippen molar-refractivity contribution in [1.29, 1.82) is 0 Å².